The van der Waals surface area contributed by atoms with Gasteiger partial charge in [0.25, 0.3) is 0 Å². The quantitative estimate of drug-likeness (QED) is 0.382. The van der Waals surface area contributed by atoms with Crippen LogP contribution in [0.3, 0.4) is 0 Å². The summed E-state index contributed by atoms with van der Waals surface area (Å²) in [6.45, 7) is 0. The SMILES string of the molecule is CO[p+]1c(-c2ccccc2)cc(-c2ccccc2)cc1-c1ccccc1. The second kappa shape index (κ2) is 7.66. The van der Waals surface area contributed by atoms with E-state index in [9.17, 15) is 0 Å². The first-order valence-electron chi connectivity index (χ1n) is 8.67. The van der Waals surface area contributed by atoms with Gasteiger partial charge in [-0.3, -0.25) is 0 Å². The lowest BCUT2D eigenvalue weighted by atomic mass is 10.0. The van der Waals surface area contributed by atoms with Crippen molar-refractivity contribution in [2.75, 3.05) is 7.11 Å². The third kappa shape index (κ3) is 3.32. The minimum atomic E-state index is -0.865. The highest BCUT2D eigenvalue weighted by molar-refractivity contribution is 7.51. The van der Waals surface area contributed by atoms with E-state index in [0.29, 0.717) is 0 Å². The maximum absolute atomic E-state index is 6.02. The van der Waals surface area contributed by atoms with Gasteiger partial charge in [-0.2, -0.15) is 4.52 Å². The summed E-state index contributed by atoms with van der Waals surface area (Å²) < 4.78 is 6.02. The highest BCUT2D eigenvalue weighted by Gasteiger charge is 2.26. The summed E-state index contributed by atoms with van der Waals surface area (Å²) in [5, 5.41) is 2.51. The molecule has 3 aromatic carbocycles. The largest absolute Gasteiger partial charge is 0.302 e. The molecule has 0 aliphatic carbocycles. The molecule has 0 aliphatic heterocycles. The van der Waals surface area contributed by atoms with Crippen molar-refractivity contribution in [3.05, 3.63) is 103 Å². The van der Waals surface area contributed by atoms with Gasteiger partial charge in [0.2, 0.25) is 0 Å². The van der Waals surface area contributed by atoms with Gasteiger partial charge in [-0.05, 0) is 23.3 Å². The van der Waals surface area contributed by atoms with E-state index in [1.807, 2.05) is 7.11 Å². The number of benzene rings is 3. The predicted octanol–water partition coefficient (Wildman–Crippen LogP) is 7.01. The Bertz CT molecular complexity index is 936. The normalized spacial score (nSPS) is 10.7. The fraction of sp³-hybridized carbons (Fsp3) is 0.0417. The minimum absolute atomic E-state index is 0.865. The molecule has 0 radical (unpaired) electrons. The summed E-state index contributed by atoms with van der Waals surface area (Å²) in [5.74, 6) is 0. The van der Waals surface area contributed by atoms with E-state index in [1.165, 1.54) is 32.8 Å². The van der Waals surface area contributed by atoms with Gasteiger partial charge in [-0.1, -0.05) is 91.0 Å². The lowest BCUT2D eigenvalue weighted by Gasteiger charge is -2.08. The molecule has 2 heteroatoms. The van der Waals surface area contributed by atoms with E-state index in [4.69, 9.17) is 4.52 Å². The van der Waals surface area contributed by atoms with E-state index in [1.54, 1.807) is 0 Å². The van der Waals surface area contributed by atoms with Crippen molar-refractivity contribution in [1.29, 1.82) is 0 Å². The molecule has 26 heavy (non-hydrogen) atoms. The summed E-state index contributed by atoms with van der Waals surface area (Å²) in [6.07, 6.45) is 0. The summed E-state index contributed by atoms with van der Waals surface area (Å²) in [5.41, 5.74) is 4.88. The second-order valence-electron chi connectivity index (χ2n) is 6.09. The van der Waals surface area contributed by atoms with Gasteiger partial charge in [0.1, 0.15) is 0 Å². The molecule has 0 saturated heterocycles. The molecule has 1 nitrogen and oxygen atoms in total. The van der Waals surface area contributed by atoms with E-state index >= 15 is 0 Å². The van der Waals surface area contributed by atoms with Gasteiger partial charge in [-0.15, -0.1) is 0 Å². The van der Waals surface area contributed by atoms with Crippen molar-refractivity contribution in [3.8, 4) is 32.8 Å². The van der Waals surface area contributed by atoms with Crippen molar-refractivity contribution in [3.63, 3.8) is 0 Å². The molecule has 0 saturated carbocycles. The molecule has 0 unspecified atom stereocenters. The van der Waals surface area contributed by atoms with Crippen LogP contribution in [-0.4, -0.2) is 7.11 Å². The molecular formula is C24H20OP+. The van der Waals surface area contributed by atoms with Crippen molar-refractivity contribution in [2.45, 2.75) is 0 Å². The third-order valence-electron chi connectivity index (χ3n) is 4.45. The Balaban J connectivity index is 2.01. The summed E-state index contributed by atoms with van der Waals surface area (Å²) in [6, 6.07) is 36.2. The van der Waals surface area contributed by atoms with Gasteiger partial charge in [0.05, 0.1) is 7.11 Å². The van der Waals surface area contributed by atoms with Crippen LogP contribution < -0.4 is 4.52 Å². The third-order valence-corrected chi connectivity index (χ3v) is 6.47. The topological polar surface area (TPSA) is 9.23 Å². The maximum Gasteiger partial charge on any atom is 0.302 e. The molecule has 0 aliphatic rings. The van der Waals surface area contributed by atoms with E-state index in [-0.39, 0.29) is 0 Å². The van der Waals surface area contributed by atoms with Gasteiger partial charge < -0.3 is 0 Å². The molecule has 0 amide bonds. The zero-order chi connectivity index (χ0) is 17.8. The number of rotatable bonds is 4. The highest BCUT2D eigenvalue weighted by atomic mass is 31.1. The Kier molecular flexibility index (Phi) is 4.93. The van der Waals surface area contributed by atoms with Crippen molar-refractivity contribution in [1.82, 2.24) is 0 Å². The average molecular weight is 355 g/mol. The summed E-state index contributed by atoms with van der Waals surface area (Å²) in [7, 11) is 0.948. The molecule has 1 aromatic heterocycles. The van der Waals surface area contributed by atoms with Crippen LogP contribution in [0.2, 0.25) is 0 Å². The Hall–Kier alpha value is -2.73. The molecule has 126 valence electrons. The zero-order valence-electron chi connectivity index (χ0n) is 14.7. The van der Waals surface area contributed by atoms with Gasteiger partial charge in [0.15, 0.2) is 10.6 Å². The van der Waals surface area contributed by atoms with Crippen LogP contribution in [0.25, 0.3) is 32.8 Å². The Morgan fingerprint density at radius 3 is 1.27 bits per heavy atom. The van der Waals surface area contributed by atoms with Crippen molar-refractivity contribution < 1.29 is 4.52 Å². The second-order valence-corrected chi connectivity index (χ2v) is 8.01. The van der Waals surface area contributed by atoms with Gasteiger partial charge in [0, 0.05) is 11.1 Å². The van der Waals surface area contributed by atoms with E-state index < -0.39 is 7.76 Å². The monoisotopic (exact) mass is 355 g/mol. The van der Waals surface area contributed by atoms with Crippen LogP contribution >= 0.6 is 7.76 Å². The fourth-order valence-electron chi connectivity index (χ4n) is 3.20. The molecule has 0 fully saturated rings. The molecular weight excluding hydrogens is 335 g/mol. The first kappa shape index (κ1) is 16.7. The predicted molar refractivity (Wildman–Crippen MR) is 112 cm³/mol. The van der Waals surface area contributed by atoms with Crippen LogP contribution in [0.5, 0.6) is 0 Å². The van der Waals surface area contributed by atoms with Crippen LogP contribution in [0.4, 0.5) is 0 Å². The minimum Gasteiger partial charge on any atom is -0.177 e. The molecule has 0 N–H and O–H groups in total. The molecule has 0 atom stereocenters. The highest BCUT2D eigenvalue weighted by Crippen LogP contribution is 2.49. The lowest BCUT2D eigenvalue weighted by Crippen LogP contribution is -1.90. The Labute approximate surface area is 155 Å². The molecule has 0 spiro atoms. The number of hydrogen-bond donors (Lipinski definition) is 0. The average Bonchev–Trinajstić information content (AvgIpc) is 2.74. The Morgan fingerprint density at radius 2 is 0.885 bits per heavy atom. The smallest absolute Gasteiger partial charge is 0.177 e. The maximum atomic E-state index is 6.02. The van der Waals surface area contributed by atoms with Crippen LogP contribution in [-0.2, 0) is 0 Å². The molecule has 4 rings (SSSR count). The number of hydrogen-bond acceptors (Lipinski definition) is 1. The lowest BCUT2D eigenvalue weighted by molar-refractivity contribution is 0.557. The first-order valence-corrected chi connectivity index (χ1v) is 9.93. The standard InChI is InChI=1S/C24H20OP/c1-25-26-23(20-13-7-3-8-14-20)17-22(19-11-5-2-6-12-19)18-24(26)21-15-9-4-10-16-21/h2-18H,1H3/q+1. The summed E-state index contributed by atoms with van der Waals surface area (Å²) >= 11 is 0. The molecule has 4 aromatic rings. The fourth-order valence-corrected chi connectivity index (χ4v) is 5.13. The van der Waals surface area contributed by atoms with E-state index in [2.05, 4.69) is 103 Å². The molecule has 1 heterocycles. The van der Waals surface area contributed by atoms with Crippen LogP contribution in [0.1, 0.15) is 0 Å². The summed E-state index contributed by atoms with van der Waals surface area (Å²) in [4.78, 5) is 0. The first-order chi connectivity index (χ1) is 12.9. The van der Waals surface area contributed by atoms with Gasteiger partial charge >= 0.3 is 7.76 Å². The van der Waals surface area contributed by atoms with Crippen molar-refractivity contribution >= 4 is 7.76 Å². The van der Waals surface area contributed by atoms with Crippen LogP contribution in [0.15, 0.2) is 103 Å². The van der Waals surface area contributed by atoms with Crippen molar-refractivity contribution in [2.24, 2.45) is 0 Å². The Morgan fingerprint density at radius 1 is 0.500 bits per heavy atom. The van der Waals surface area contributed by atoms with Crippen LogP contribution in [0, 0.1) is 0 Å². The molecule has 0 bridgehead atoms. The zero-order valence-corrected chi connectivity index (χ0v) is 15.6. The van der Waals surface area contributed by atoms with Gasteiger partial charge in [-0.25, -0.2) is 0 Å². The van der Waals surface area contributed by atoms with E-state index in [0.717, 1.165) is 0 Å².